The standard InChI is InChI=1S/C25H33F/c1-6-8-21-11-13-22(14-12-21)9-7-10-23(18(2)3)17-24-20(5)15-19(4)16-25(24)26/h11-16,23H,2,6-10,17H2,1,3-5H3. The molecule has 0 radical (unpaired) electrons. The van der Waals surface area contributed by atoms with Crippen molar-refractivity contribution in [3.8, 4) is 0 Å². The molecule has 0 aliphatic carbocycles. The zero-order valence-electron chi connectivity index (χ0n) is 16.9. The number of halogens is 1. The third-order valence-electron chi connectivity index (χ3n) is 5.29. The smallest absolute Gasteiger partial charge is 0.126 e. The summed E-state index contributed by atoms with van der Waals surface area (Å²) in [5, 5.41) is 0. The van der Waals surface area contributed by atoms with Gasteiger partial charge in [-0.25, -0.2) is 4.39 Å². The van der Waals surface area contributed by atoms with Gasteiger partial charge in [0.15, 0.2) is 0 Å². The molecule has 0 spiro atoms. The lowest BCUT2D eigenvalue weighted by atomic mass is 9.86. The number of benzene rings is 2. The molecule has 1 unspecified atom stereocenters. The van der Waals surface area contributed by atoms with Gasteiger partial charge in [-0.05, 0) is 92.7 Å². The highest BCUT2D eigenvalue weighted by Crippen LogP contribution is 2.26. The largest absolute Gasteiger partial charge is 0.207 e. The normalized spacial score (nSPS) is 12.2. The van der Waals surface area contributed by atoms with Gasteiger partial charge in [-0.3, -0.25) is 0 Å². The molecular weight excluding hydrogens is 319 g/mol. The predicted molar refractivity (Wildman–Crippen MR) is 111 cm³/mol. The fourth-order valence-electron chi connectivity index (χ4n) is 3.69. The molecule has 140 valence electrons. The topological polar surface area (TPSA) is 0 Å². The van der Waals surface area contributed by atoms with Crippen LogP contribution in [0.25, 0.3) is 0 Å². The van der Waals surface area contributed by atoms with Gasteiger partial charge in [-0.15, -0.1) is 0 Å². The van der Waals surface area contributed by atoms with E-state index in [1.54, 1.807) is 6.07 Å². The van der Waals surface area contributed by atoms with Crippen LogP contribution in [-0.4, -0.2) is 0 Å². The predicted octanol–water partition coefficient (Wildman–Crippen LogP) is 7.15. The minimum Gasteiger partial charge on any atom is -0.207 e. The number of hydrogen-bond acceptors (Lipinski definition) is 0. The van der Waals surface area contributed by atoms with Crippen LogP contribution in [0.15, 0.2) is 48.6 Å². The average molecular weight is 353 g/mol. The Morgan fingerprint density at radius 3 is 2.19 bits per heavy atom. The highest BCUT2D eigenvalue weighted by molar-refractivity contribution is 5.33. The Balaban J connectivity index is 1.95. The number of rotatable bonds is 9. The van der Waals surface area contributed by atoms with Crippen molar-refractivity contribution in [2.75, 3.05) is 0 Å². The second-order valence-electron chi connectivity index (χ2n) is 7.75. The average Bonchev–Trinajstić information content (AvgIpc) is 2.57. The summed E-state index contributed by atoms with van der Waals surface area (Å²) >= 11 is 0. The minimum absolute atomic E-state index is 0.0692. The van der Waals surface area contributed by atoms with E-state index in [2.05, 4.69) is 50.8 Å². The minimum atomic E-state index is -0.0692. The van der Waals surface area contributed by atoms with E-state index in [1.807, 2.05) is 13.8 Å². The van der Waals surface area contributed by atoms with Gasteiger partial charge < -0.3 is 0 Å². The molecule has 0 saturated heterocycles. The molecule has 0 aliphatic rings. The quantitative estimate of drug-likeness (QED) is 0.420. The summed E-state index contributed by atoms with van der Waals surface area (Å²) in [5.74, 6) is 0.269. The van der Waals surface area contributed by atoms with E-state index in [-0.39, 0.29) is 5.82 Å². The van der Waals surface area contributed by atoms with Crippen LogP contribution in [0, 0.1) is 25.6 Å². The van der Waals surface area contributed by atoms with E-state index in [1.165, 1.54) is 17.5 Å². The Kier molecular flexibility index (Phi) is 7.63. The van der Waals surface area contributed by atoms with Crippen LogP contribution in [-0.2, 0) is 19.3 Å². The van der Waals surface area contributed by atoms with Gasteiger partial charge in [0.05, 0.1) is 0 Å². The molecular formula is C25H33F. The fourth-order valence-corrected chi connectivity index (χ4v) is 3.69. The maximum absolute atomic E-state index is 14.4. The number of hydrogen-bond donors (Lipinski definition) is 0. The van der Waals surface area contributed by atoms with Gasteiger partial charge in [0.1, 0.15) is 5.82 Å². The summed E-state index contributed by atoms with van der Waals surface area (Å²) in [4.78, 5) is 0. The van der Waals surface area contributed by atoms with E-state index in [9.17, 15) is 4.39 Å². The lowest BCUT2D eigenvalue weighted by Crippen LogP contribution is -2.09. The molecule has 0 saturated carbocycles. The zero-order chi connectivity index (χ0) is 19.1. The van der Waals surface area contributed by atoms with Gasteiger partial charge in [0.2, 0.25) is 0 Å². The Labute approximate surface area is 159 Å². The van der Waals surface area contributed by atoms with E-state index >= 15 is 0 Å². The maximum atomic E-state index is 14.4. The molecule has 2 aromatic rings. The van der Waals surface area contributed by atoms with Crippen LogP contribution >= 0.6 is 0 Å². The number of allylic oxidation sites excluding steroid dienone is 1. The van der Waals surface area contributed by atoms with E-state index in [0.29, 0.717) is 5.92 Å². The van der Waals surface area contributed by atoms with Crippen molar-refractivity contribution in [1.82, 2.24) is 0 Å². The van der Waals surface area contributed by atoms with Crippen molar-refractivity contribution in [2.24, 2.45) is 5.92 Å². The van der Waals surface area contributed by atoms with E-state index in [0.717, 1.165) is 54.4 Å². The zero-order valence-corrected chi connectivity index (χ0v) is 16.9. The molecule has 0 aromatic heterocycles. The summed E-state index contributed by atoms with van der Waals surface area (Å²) in [7, 11) is 0. The lowest BCUT2D eigenvalue weighted by molar-refractivity contribution is 0.512. The molecule has 26 heavy (non-hydrogen) atoms. The van der Waals surface area contributed by atoms with Gasteiger partial charge in [0, 0.05) is 0 Å². The fraction of sp³-hybridized carbons (Fsp3) is 0.440. The first kappa shape index (κ1) is 20.4. The summed E-state index contributed by atoms with van der Waals surface area (Å²) in [6.07, 6.45) is 6.33. The first-order valence-electron chi connectivity index (χ1n) is 9.89. The van der Waals surface area contributed by atoms with Gasteiger partial charge in [-0.2, -0.15) is 0 Å². The molecule has 0 nitrogen and oxygen atoms in total. The molecule has 0 heterocycles. The maximum Gasteiger partial charge on any atom is 0.126 e. The van der Waals surface area contributed by atoms with Gasteiger partial charge >= 0.3 is 0 Å². The summed E-state index contributed by atoms with van der Waals surface area (Å²) in [5.41, 5.74) is 6.86. The second kappa shape index (κ2) is 9.71. The SMILES string of the molecule is C=C(C)C(CCCc1ccc(CCC)cc1)Cc1c(C)cc(C)cc1F. The highest BCUT2D eigenvalue weighted by atomic mass is 19.1. The summed E-state index contributed by atoms with van der Waals surface area (Å²) < 4.78 is 14.4. The first-order chi connectivity index (χ1) is 12.4. The van der Waals surface area contributed by atoms with Crippen LogP contribution in [0.3, 0.4) is 0 Å². The van der Waals surface area contributed by atoms with Crippen LogP contribution in [0.2, 0.25) is 0 Å². The molecule has 1 heteroatoms. The Bertz CT molecular complexity index is 701. The highest BCUT2D eigenvalue weighted by Gasteiger charge is 2.15. The van der Waals surface area contributed by atoms with Crippen molar-refractivity contribution < 1.29 is 4.39 Å². The summed E-state index contributed by atoms with van der Waals surface area (Å²) in [6, 6.07) is 12.7. The molecule has 0 N–H and O–H groups in total. The third-order valence-corrected chi connectivity index (χ3v) is 5.29. The van der Waals surface area contributed by atoms with Crippen LogP contribution in [0.5, 0.6) is 0 Å². The Morgan fingerprint density at radius 2 is 1.65 bits per heavy atom. The molecule has 0 bridgehead atoms. The molecule has 2 aromatic carbocycles. The lowest BCUT2D eigenvalue weighted by Gasteiger charge is -2.19. The summed E-state index contributed by atoms with van der Waals surface area (Å²) in [6.45, 7) is 12.4. The molecule has 0 amide bonds. The van der Waals surface area contributed by atoms with E-state index < -0.39 is 0 Å². The molecule has 0 aliphatic heterocycles. The van der Waals surface area contributed by atoms with Crippen LogP contribution in [0.1, 0.15) is 60.9 Å². The Morgan fingerprint density at radius 1 is 1.04 bits per heavy atom. The second-order valence-corrected chi connectivity index (χ2v) is 7.75. The number of aryl methyl sites for hydroxylation is 4. The monoisotopic (exact) mass is 352 g/mol. The molecule has 0 fully saturated rings. The van der Waals surface area contributed by atoms with Crippen molar-refractivity contribution in [3.63, 3.8) is 0 Å². The van der Waals surface area contributed by atoms with E-state index in [4.69, 9.17) is 0 Å². The Hall–Kier alpha value is -1.89. The van der Waals surface area contributed by atoms with Crippen molar-refractivity contribution in [3.05, 3.63) is 82.2 Å². The van der Waals surface area contributed by atoms with Gasteiger partial charge in [-0.1, -0.05) is 55.8 Å². The van der Waals surface area contributed by atoms with Gasteiger partial charge in [0.25, 0.3) is 0 Å². The van der Waals surface area contributed by atoms with Crippen molar-refractivity contribution in [1.29, 1.82) is 0 Å². The van der Waals surface area contributed by atoms with Crippen LogP contribution < -0.4 is 0 Å². The molecule has 2 rings (SSSR count). The van der Waals surface area contributed by atoms with Crippen molar-refractivity contribution in [2.45, 2.75) is 66.2 Å². The van der Waals surface area contributed by atoms with Crippen molar-refractivity contribution >= 4 is 0 Å². The first-order valence-corrected chi connectivity index (χ1v) is 9.89. The third kappa shape index (κ3) is 5.83. The van der Waals surface area contributed by atoms with Crippen LogP contribution in [0.4, 0.5) is 4.39 Å². The molecule has 1 atom stereocenters.